The zero-order valence-corrected chi connectivity index (χ0v) is 13.0. The summed E-state index contributed by atoms with van der Waals surface area (Å²) in [6.07, 6.45) is 0. The van der Waals surface area contributed by atoms with Crippen LogP contribution in [0.2, 0.25) is 0 Å². The number of nitro benzene ring substituents is 1. The number of rotatable bonds is 3. The van der Waals surface area contributed by atoms with Gasteiger partial charge in [-0.1, -0.05) is 0 Å². The number of carbonyl (C=O) groups excluding carboxylic acids is 1. The second-order valence-electron chi connectivity index (χ2n) is 5.18. The van der Waals surface area contributed by atoms with Gasteiger partial charge in [0, 0.05) is 31.6 Å². The van der Waals surface area contributed by atoms with Crippen molar-refractivity contribution in [2.75, 3.05) is 31.1 Å². The number of carbonyl (C=O) groups is 1. The monoisotopic (exact) mass is 335 g/mol. The van der Waals surface area contributed by atoms with Gasteiger partial charge in [-0.3, -0.25) is 14.9 Å². The Kier molecular flexibility index (Phi) is 4.24. The Bertz CT molecular complexity index is 728. The fraction of sp³-hybridized carbons (Fsp3) is 0.267. The highest BCUT2D eigenvalue weighted by Crippen LogP contribution is 2.29. The van der Waals surface area contributed by atoms with Crippen LogP contribution in [0.1, 0.15) is 10.4 Å². The van der Waals surface area contributed by atoms with Crippen LogP contribution in [0.3, 0.4) is 0 Å². The number of hydrogen-bond donors (Lipinski definition) is 0. The molecule has 0 unspecified atom stereocenters. The van der Waals surface area contributed by atoms with Crippen molar-refractivity contribution in [2.24, 2.45) is 0 Å². The lowest BCUT2D eigenvalue weighted by Crippen LogP contribution is -2.48. The quantitative estimate of drug-likeness (QED) is 0.639. The van der Waals surface area contributed by atoms with Crippen LogP contribution < -0.4 is 4.90 Å². The summed E-state index contributed by atoms with van der Waals surface area (Å²) in [7, 11) is 0. The zero-order valence-electron chi connectivity index (χ0n) is 12.1. The lowest BCUT2D eigenvalue weighted by molar-refractivity contribution is -0.384. The topological polar surface area (TPSA) is 66.7 Å². The Labute approximate surface area is 135 Å². The van der Waals surface area contributed by atoms with E-state index in [1.54, 1.807) is 16.3 Å². The SMILES string of the molecule is O=C(c1ccsc1)N1CCN(c2ccc(F)cc2[N+](=O)[O-])CC1. The number of halogens is 1. The fourth-order valence-electron chi connectivity index (χ4n) is 2.63. The summed E-state index contributed by atoms with van der Waals surface area (Å²) in [5, 5.41) is 14.8. The van der Waals surface area contributed by atoms with Crippen LogP contribution in [0, 0.1) is 15.9 Å². The predicted molar refractivity (Wildman–Crippen MR) is 85.5 cm³/mol. The van der Waals surface area contributed by atoms with Crippen LogP contribution in [-0.4, -0.2) is 41.9 Å². The molecule has 6 nitrogen and oxygen atoms in total. The van der Waals surface area contributed by atoms with E-state index in [9.17, 15) is 19.3 Å². The molecular formula is C15H14FN3O3S. The molecule has 8 heteroatoms. The van der Waals surface area contributed by atoms with Crippen LogP contribution in [0.15, 0.2) is 35.0 Å². The number of piperazine rings is 1. The molecule has 1 aliphatic heterocycles. The van der Waals surface area contributed by atoms with E-state index in [2.05, 4.69) is 0 Å². The number of nitrogens with zero attached hydrogens (tertiary/aromatic N) is 3. The van der Waals surface area contributed by atoms with Crippen molar-refractivity contribution in [3.05, 3.63) is 56.5 Å². The molecule has 2 heterocycles. The highest BCUT2D eigenvalue weighted by molar-refractivity contribution is 7.08. The molecule has 0 saturated carbocycles. The van der Waals surface area contributed by atoms with Crippen LogP contribution >= 0.6 is 11.3 Å². The molecule has 1 amide bonds. The number of thiophene rings is 1. The molecule has 0 N–H and O–H groups in total. The van der Waals surface area contributed by atoms with Crippen molar-refractivity contribution < 1.29 is 14.1 Å². The lowest BCUT2D eigenvalue weighted by atomic mass is 10.2. The van der Waals surface area contributed by atoms with Crippen molar-refractivity contribution in [1.29, 1.82) is 0 Å². The van der Waals surface area contributed by atoms with Crippen molar-refractivity contribution in [1.82, 2.24) is 4.90 Å². The average Bonchev–Trinajstić information content (AvgIpc) is 3.09. The molecule has 0 spiro atoms. The Hall–Kier alpha value is -2.48. The van der Waals surface area contributed by atoms with Gasteiger partial charge in [-0.2, -0.15) is 11.3 Å². The molecule has 1 aromatic carbocycles. The third-order valence-electron chi connectivity index (χ3n) is 3.81. The minimum Gasteiger partial charge on any atom is -0.362 e. The minimum atomic E-state index is -0.633. The molecule has 0 radical (unpaired) electrons. The predicted octanol–water partition coefficient (Wildman–Crippen LogP) is 2.76. The second kappa shape index (κ2) is 6.33. The standard InChI is InChI=1S/C15H14FN3O3S/c16-12-1-2-13(14(9-12)19(21)22)17-4-6-18(7-5-17)15(20)11-3-8-23-10-11/h1-3,8-10H,4-7H2. The highest BCUT2D eigenvalue weighted by atomic mass is 32.1. The minimum absolute atomic E-state index is 0.0282. The maximum atomic E-state index is 13.2. The Morgan fingerprint density at radius 2 is 1.96 bits per heavy atom. The van der Waals surface area contributed by atoms with Crippen LogP contribution in [0.5, 0.6) is 0 Å². The van der Waals surface area contributed by atoms with E-state index in [-0.39, 0.29) is 11.6 Å². The van der Waals surface area contributed by atoms with E-state index >= 15 is 0 Å². The van der Waals surface area contributed by atoms with Gasteiger partial charge in [0.2, 0.25) is 0 Å². The summed E-state index contributed by atoms with van der Waals surface area (Å²) in [6.45, 7) is 1.90. The Balaban J connectivity index is 1.72. The number of hydrogen-bond acceptors (Lipinski definition) is 5. The van der Waals surface area contributed by atoms with E-state index in [0.717, 1.165) is 6.07 Å². The van der Waals surface area contributed by atoms with Gasteiger partial charge in [-0.05, 0) is 23.6 Å². The molecule has 2 aromatic rings. The van der Waals surface area contributed by atoms with Crippen molar-refractivity contribution in [3.8, 4) is 0 Å². The summed E-state index contributed by atoms with van der Waals surface area (Å²) >= 11 is 1.47. The average molecular weight is 335 g/mol. The summed E-state index contributed by atoms with van der Waals surface area (Å²) in [6, 6.07) is 5.34. The molecule has 1 saturated heterocycles. The highest BCUT2D eigenvalue weighted by Gasteiger charge is 2.26. The molecule has 1 fully saturated rings. The first-order valence-electron chi connectivity index (χ1n) is 7.06. The fourth-order valence-corrected chi connectivity index (χ4v) is 3.26. The molecule has 0 bridgehead atoms. The maximum Gasteiger partial charge on any atom is 0.295 e. The zero-order chi connectivity index (χ0) is 16.4. The summed E-state index contributed by atoms with van der Waals surface area (Å²) in [4.78, 5) is 26.3. The van der Waals surface area contributed by atoms with Gasteiger partial charge in [-0.15, -0.1) is 0 Å². The van der Waals surface area contributed by atoms with Crippen LogP contribution in [0.25, 0.3) is 0 Å². The smallest absolute Gasteiger partial charge is 0.295 e. The number of benzene rings is 1. The van der Waals surface area contributed by atoms with Crippen molar-refractivity contribution in [3.63, 3.8) is 0 Å². The van der Waals surface area contributed by atoms with Gasteiger partial charge in [0.05, 0.1) is 16.6 Å². The molecule has 3 rings (SSSR count). The molecule has 1 aliphatic rings. The van der Waals surface area contributed by atoms with E-state index in [1.165, 1.54) is 23.5 Å². The first kappa shape index (κ1) is 15.4. The first-order chi connectivity index (χ1) is 11.1. The third-order valence-corrected chi connectivity index (χ3v) is 4.49. The van der Waals surface area contributed by atoms with E-state index in [0.29, 0.717) is 37.4 Å². The summed E-state index contributed by atoms with van der Waals surface area (Å²) in [5.41, 5.74) is 0.804. The largest absolute Gasteiger partial charge is 0.362 e. The normalized spacial score (nSPS) is 14.8. The van der Waals surface area contributed by atoms with E-state index < -0.39 is 10.7 Å². The summed E-state index contributed by atoms with van der Waals surface area (Å²) < 4.78 is 13.2. The van der Waals surface area contributed by atoms with Gasteiger partial charge in [-0.25, -0.2) is 4.39 Å². The second-order valence-corrected chi connectivity index (χ2v) is 5.96. The summed E-state index contributed by atoms with van der Waals surface area (Å²) in [5.74, 6) is -0.661. The van der Waals surface area contributed by atoms with Crippen LogP contribution in [-0.2, 0) is 0 Å². The van der Waals surface area contributed by atoms with E-state index in [1.807, 2.05) is 10.3 Å². The Morgan fingerprint density at radius 1 is 1.22 bits per heavy atom. The van der Waals surface area contributed by atoms with E-state index in [4.69, 9.17) is 0 Å². The molecule has 0 aliphatic carbocycles. The number of amides is 1. The van der Waals surface area contributed by atoms with Crippen molar-refractivity contribution >= 4 is 28.6 Å². The first-order valence-corrected chi connectivity index (χ1v) is 8.01. The Morgan fingerprint density at radius 3 is 2.57 bits per heavy atom. The van der Waals surface area contributed by atoms with Gasteiger partial charge in [0.1, 0.15) is 11.5 Å². The van der Waals surface area contributed by atoms with Gasteiger partial charge in [0.15, 0.2) is 0 Å². The van der Waals surface area contributed by atoms with Crippen molar-refractivity contribution in [2.45, 2.75) is 0 Å². The molecule has 1 aromatic heterocycles. The number of anilines is 1. The van der Waals surface area contributed by atoms with Gasteiger partial charge < -0.3 is 9.80 Å². The van der Waals surface area contributed by atoms with Gasteiger partial charge >= 0.3 is 0 Å². The molecular weight excluding hydrogens is 321 g/mol. The molecule has 0 atom stereocenters. The maximum absolute atomic E-state index is 13.2. The lowest BCUT2D eigenvalue weighted by Gasteiger charge is -2.35. The number of nitro groups is 1. The van der Waals surface area contributed by atoms with Crippen LogP contribution in [0.4, 0.5) is 15.8 Å². The molecule has 23 heavy (non-hydrogen) atoms. The molecule has 120 valence electrons. The van der Waals surface area contributed by atoms with Gasteiger partial charge in [0.25, 0.3) is 11.6 Å². The third kappa shape index (κ3) is 3.16.